The lowest BCUT2D eigenvalue weighted by atomic mass is 10.1. The van der Waals surface area contributed by atoms with Gasteiger partial charge in [-0.05, 0) is 31.2 Å². The van der Waals surface area contributed by atoms with Crippen molar-refractivity contribution >= 4 is 27.4 Å². The molecule has 4 heteroatoms. The summed E-state index contributed by atoms with van der Waals surface area (Å²) in [6.45, 7) is 1.78. The van der Waals surface area contributed by atoms with Crippen LogP contribution < -0.4 is 5.48 Å². The zero-order valence-corrected chi connectivity index (χ0v) is 8.71. The van der Waals surface area contributed by atoms with Gasteiger partial charge in [-0.2, -0.15) is 0 Å². The third kappa shape index (κ3) is 2.54. The second-order valence-corrected chi connectivity index (χ2v) is 4.04. The first-order valence-corrected chi connectivity index (χ1v) is 4.75. The summed E-state index contributed by atoms with van der Waals surface area (Å²) in [5, 5.41) is 8.53. The maximum absolute atomic E-state index is 11.4. The van der Waals surface area contributed by atoms with Crippen molar-refractivity contribution in [1.82, 2.24) is 0 Å². The molecule has 0 radical (unpaired) electrons. The molecule has 0 aliphatic rings. The molecule has 0 aliphatic heterocycles. The number of nitrogens with one attached hydrogen (secondary N) is 1. The molecule has 0 saturated carbocycles. The van der Waals surface area contributed by atoms with Gasteiger partial charge < -0.3 is 0 Å². The number of ketones is 1. The van der Waals surface area contributed by atoms with Gasteiger partial charge in [-0.25, -0.2) is 0 Å². The molecule has 3 nitrogen and oxygen atoms in total. The Hall–Kier alpha value is -0.870. The number of halogens is 1. The Morgan fingerprint density at radius 1 is 1.46 bits per heavy atom. The van der Waals surface area contributed by atoms with Crippen LogP contribution in [0.15, 0.2) is 24.3 Å². The normalized spacial score (nSPS) is 12.2. The Bertz CT molecular complexity index is 295. The first-order chi connectivity index (χ1) is 6.15. The molecular formula is C9H10BrNO2. The standard InChI is InChI=1S/C9H10BrNO2/c1-6(10)9(12)7-2-4-8(11-13)5-3-7/h2-6,11,13H,1H3. The summed E-state index contributed by atoms with van der Waals surface area (Å²) in [7, 11) is 0. The fraction of sp³-hybridized carbons (Fsp3) is 0.222. The molecule has 1 unspecified atom stereocenters. The molecule has 0 amide bonds. The van der Waals surface area contributed by atoms with E-state index in [9.17, 15) is 4.79 Å². The molecule has 1 atom stereocenters. The van der Waals surface area contributed by atoms with Gasteiger partial charge in [0.2, 0.25) is 0 Å². The zero-order valence-electron chi connectivity index (χ0n) is 7.12. The largest absolute Gasteiger partial charge is 0.293 e. The minimum absolute atomic E-state index is 0.0319. The summed E-state index contributed by atoms with van der Waals surface area (Å²) in [4.78, 5) is 11.2. The zero-order chi connectivity index (χ0) is 9.84. The number of Topliss-reactive ketones (excluding diaryl/α,β-unsaturated/α-hetero) is 1. The van der Waals surface area contributed by atoms with E-state index in [-0.39, 0.29) is 10.6 Å². The van der Waals surface area contributed by atoms with Gasteiger partial charge in [0.25, 0.3) is 0 Å². The van der Waals surface area contributed by atoms with Crippen molar-refractivity contribution in [2.75, 3.05) is 5.48 Å². The molecule has 0 aromatic heterocycles. The monoisotopic (exact) mass is 243 g/mol. The topological polar surface area (TPSA) is 49.3 Å². The molecule has 70 valence electrons. The number of anilines is 1. The fourth-order valence-corrected chi connectivity index (χ4v) is 1.20. The van der Waals surface area contributed by atoms with Gasteiger partial charge in [0.15, 0.2) is 5.78 Å². The highest BCUT2D eigenvalue weighted by molar-refractivity contribution is 9.10. The summed E-state index contributed by atoms with van der Waals surface area (Å²) in [6, 6.07) is 6.61. The van der Waals surface area contributed by atoms with Crippen molar-refractivity contribution in [3.63, 3.8) is 0 Å². The number of hydrogen-bond donors (Lipinski definition) is 2. The average Bonchev–Trinajstić information content (AvgIpc) is 2.17. The quantitative estimate of drug-likeness (QED) is 0.487. The second-order valence-electron chi connectivity index (χ2n) is 2.67. The highest BCUT2D eigenvalue weighted by Crippen LogP contribution is 2.13. The minimum Gasteiger partial charge on any atom is -0.293 e. The van der Waals surface area contributed by atoms with Crippen molar-refractivity contribution in [2.24, 2.45) is 0 Å². The Morgan fingerprint density at radius 2 is 2.00 bits per heavy atom. The predicted octanol–water partition coefficient (Wildman–Crippen LogP) is 2.45. The Kier molecular flexibility index (Phi) is 3.45. The number of hydrogen-bond acceptors (Lipinski definition) is 3. The third-order valence-electron chi connectivity index (χ3n) is 1.66. The SMILES string of the molecule is CC(Br)C(=O)c1ccc(NO)cc1. The Labute approximate surface area is 84.9 Å². The van der Waals surface area contributed by atoms with E-state index >= 15 is 0 Å². The van der Waals surface area contributed by atoms with Crippen LogP contribution in [0.5, 0.6) is 0 Å². The smallest absolute Gasteiger partial charge is 0.176 e. The lowest BCUT2D eigenvalue weighted by Gasteiger charge is -2.03. The van der Waals surface area contributed by atoms with E-state index in [0.29, 0.717) is 11.3 Å². The molecule has 0 saturated heterocycles. The number of alkyl halides is 1. The first kappa shape index (κ1) is 10.2. The summed E-state index contributed by atoms with van der Waals surface area (Å²) < 4.78 is 0. The van der Waals surface area contributed by atoms with Crippen molar-refractivity contribution in [3.05, 3.63) is 29.8 Å². The molecule has 0 aliphatic carbocycles. The van der Waals surface area contributed by atoms with E-state index in [4.69, 9.17) is 5.21 Å². The number of carbonyl (C=O) groups excluding carboxylic acids is 1. The molecule has 13 heavy (non-hydrogen) atoms. The van der Waals surface area contributed by atoms with E-state index in [1.54, 1.807) is 31.2 Å². The molecular weight excluding hydrogens is 234 g/mol. The Balaban J connectivity index is 2.86. The van der Waals surface area contributed by atoms with Crippen LogP contribution in [0.4, 0.5) is 5.69 Å². The fourth-order valence-electron chi connectivity index (χ4n) is 0.939. The molecule has 0 spiro atoms. The van der Waals surface area contributed by atoms with Gasteiger partial charge in [0, 0.05) is 5.56 Å². The van der Waals surface area contributed by atoms with Gasteiger partial charge in [-0.15, -0.1) is 0 Å². The van der Waals surface area contributed by atoms with Gasteiger partial charge in [-0.1, -0.05) is 15.9 Å². The van der Waals surface area contributed by atoms with Crippen LogP contribution in [-0.2, 0) is 0 Å². The van der Waals surface area contributed by atoms with Crippen LogP contribution in [0.1, 0.15) is 17.3 Å². The van der Waals surface area contributed by atoms with Gasteiger partial charge in [-0.3, -0.25) is 15.5 Å². The molecule has 0 heterocycles. The van der Waals surface area contributed by atoms with Gasteiger partial charge in [0.05, 0.1) is 10.5 Å². The van der Waals surface area contributed by atoms with Crippen LogP contribution in [0.25, 0.3) is 0 Å². The van der Waals surface area contributed by atoms with Gasteiger partial charge in [0.1, 0.15) is 0 Å². The lowest BCUT2D eigenvalue weighted by Crippen LogP contribution is -2.09. The van der Waals surface area contributed by atoms with Crippen LogP contribution >= 0.6 is 15.9 Å². The number of benzene rings is 1. The minimum atomic E-state index is -0.180. The average molecular weight is 244 g/mol. The second kappa shape index (κ2) is 4.39. The van der Waals surface area contributed by atoms with Crippen molar-refractivity contribution < 1.29 is 10.0 Å². The summed E-state index contributed by atoms with van der Waals surface area (Å²) in [5.74, 6) is 0.0319. The molecule has 1 aromatic rings. The molecule has 1 rings (SSSR count). The Morgan fingerprint density at radius 3 is 2.38 bits per heavy atom. The van der Waals surface area contributed by atoms with Crippen molar-refractivity contribution in [1.29, 1.82) is 0 Å². The van der Waals surface area contributed by atoms with Crippen LogP contribution in [0.3, 0.4) is 0 Å². The predicted molar refractivity (Wildman–Crippen MR) is 54.6 cm³/mol. The van der Waals surface area contributed by atoms with Crippen molar-refractivity contribution in [2.45, 2.75) is 11.8 Å². The van der Waals surface area contributed by atoms with Crippen LogP contribution in [0, 0.1) is 0 Å². The van der Waals surface area contributed by atoms with E-state index in [1.807, 2.05) is 5.48 Å². The lowest BCUT2D eigenvalue weighted by molar-refractivity contribution is 0.0996. The summed E-state index contributed by atoms with van der Waals surface area (Å²) in [6.07, 6.45) is 0. The highest BCUT2D eigenvalue weighted by Gasteiger charge is 2.10. The molecule has 0 fully saturated rings. The summed E-state index contributed by atoms with van der Waals surface area (Å²) >= 11 is 3.20. The van der Waals surface area contributed by atoms with E-state index in [0.717, 1.165) is 0 Å². The molecule has 2 N–H and O–H groups in total. The van der Waals surface area contributed by atoms with Crippen LogP contribution in [0.2, 0.25) is 0 Å². The van der Waals surface area contributed by atoms with Crippen molar-refractivity contribution in [3.8, 4) is 0 Å². The third-order valence-corrected chi connectivity index (χ3v) is 2.08. The van der Waals surface area contributed by atoms with E-state index in [2.05, 4.69) is 15.9 Å². The van der Waals surface area contributed by atoms with Crippen LogP contribution in [-0.4, -0.2) is 15.8 Å². The highest BCUT2D eigenvalue weighted by atomic mass is 79.9. The van der Waals surface area contributed by atoms with E-state index in [1.165, 1.54) is 0 Å². The number of rotatable bonds is 3. The van der Waals surface area contributed by atoms with Gasteiger partial charge >= 0.3 is 0 Å². The number of carbonyl (C=O) groups is 1. The molecule has 0 bridgehead atoms. The first-order valence-electron chi connectivity index (χ1n) is 3.83. The maximum atomic E-state index is 11.4. The van der Waals surface area contributed by atoms with E-state index < -0.39 is 0 Å². The molecule has 1 aromatic carbocycles. The summed E-state index contributed by atoms with van der Waals surface area (Å²) in [5.41, 5.74) is 3.20. The maximum Gasteiger partial charge on any atom is 0.176 e.